The van der Waals surface area contributed by atoms with Gasteiger partial charge in [-0.15, -0.1) is 13.2 Å². The summed E-state index contributed by atoms with van der Waals surface area (Å²) in [7, 11) is 0. The molecule has 2 bridgehead atoms. The van der Waals surface area contributed by atoms with Gasteiger partial charge in [0.25, 0.3) is 5.91 Å². The average molecular weight is 628 g/mol. The topological polar surface area (TPSA) is 90.4 Å². The van der Waals surface area contributed by atoms with Crippen molar-refractivity contribution in [3.63, 3.8) is 0 Å². The molecule has 2 aromatic carbocycles. The van der Waals surface area contributed by atoms with E-state index in [2.05, 4.69) is 13.2 Å². The van der Waals surface area contributed by atoms with E-state index in [1.165, 1.54) is 0 Å². The third kappa shape index (κ3) is 5.39. The molecule has 0 radical (unpaired) electrons. The lowest BCUT2D eigenvalue weighted by Crippen LogP contribution is -2.60. The van der Waals surface area contributed by atoms with Gasteiger partial charge in [-0.05, 0) is 61.8 Å². The highest BCUT2D eigenvalue weighted by molar-refractivity contribution is 6.05. The monoisotopic (exact) mass is 627 g/mol. The lowest BCUT2D eigenvalue weighted by atomic mass is 9.64. The Kier molecular flexibility index (Phi) is 9.62. The Bertz CT molecular complexity index is 1490. The van der Waals surface area contributed by atoms with Crippen molar-refractivity contribution in [2.24, 2.45) is 17.8 Å². The molecule has 1 spiro atoms. The van der Waals surface area contributed by atoms with Crippen molar-refractivity contribution in [2.45, 2.75) is 83.7 Å². The van der Waals surface area contributed by atoms with Crippen molar-refractivity contribution in [1.82, 2.24) is 9.80 Å². The van der Waals surface area contributed by atoms with Gasteiger partial charge in [-0.3, -0.25) is 14.4 Å². The highest BCUT2D eigenvalue weighted by atomic mass is 16.5. The molecule has 6 atom stereocenters. The molecule has 46 heavy (non-hydrogen) atoms. The van der Waals surface area contributed by atoms with Crippen LogP contribution in [0.2, 0.25) is 0 Å². The lowest BCUT2D eigenvalue weighted by Gasteiger charge is -2.41. The Labute approximate surface area is 273 Å². The predicted octanol–water partition coefficient (Wildman–Crippen LogP) is 5.21. The molecule has 1 N–H and O–H groups in total. The molecule has 0 aromatic heterocycles. The zero-order valence-electron chi connectivity index (χ0n) is 27.9. The molecule has 3 aliphatic rings. The molecule has 3 saturated heterocycles. The number of rotatable bonds is 13. The highest BCUT2D eigenvalue weighted by Gasteiger charge is 2.79. The molecule has 2 aromatic rings. The van der Waals surface area contributed by atoms with Gasteiger partial charge in [0.1, 0.15) is 11.6 Å². The first-order valence-electron chi connectivity index (χ1n) is 16.6. The minimum absolute atomic E-state index is 0.144. The minimum atomic E-state index is -1.21. The first kappa shape index (κ1) is 33.6. The third-order valence-corrected chi connectivity index (χ3v) is 10.5. The van der Waals surface area contributed by atoms with E-state index in [-0.39, 0.29) is 36.8 Å². The molecular formula is C38H49N3O5. The molecule has 3 amide bonds. The first-order chi connectivity index (χ1) is 22.0. The number of benzene rings is 2. The van der Waals surface area contributed by atoms with Crippen molar-refractivity contribution in [1.29, 1.82) is 0 Å². The Morgan fingerprint density at radius 2 is 1.76 bits per heavy atom. The molecule has 3 fully saturated rings. The van der Waals surface area contributed by atoms with Crippen LogP contribution in [0.3, 0.4) is 0 Å². The predicted molar refractivity (Wildman–Crippen MR) is 180 cm³/mol. The summed E-state index contributed by atoms with van der Waals surface area (Å²) >= 11 is 0. The number of amides is 3. The van der Waals surface area contributed by atoms with Gasteiger partial charge >= 0.3 is 0 Å². The van der Waals surface area contributed by atoms with Crippen LogP contribution in [-0.2, 0) is 25.7 Å². The Hall–Kier alpha value is -3.75. The minimum Gasteiger partial charge on any atom is -0.394 e. The van der Waals surface area contributed by atoms with Gasteiger partial charge in [-0.25, -0.2) is 0 Å². The molecule has 8 heteroatoms. The maximum absolute atomic E-state index is 15.1. The van der Waals surface area contributed by atoms with Gasteiger partial charge in [0, 0.05) is 25.3 Å². The quantitative estimate of drug-likeness (QED) is 0.308. The number of anilines is 1. The number of aryl methyl sites for hydroxylation is 2. The SMILES string of the molecule is C=CCN(Cc1ccccc1)C(=O)[C@H]1[C@H]2C(=O)N([C@@H](CO)C(C)C)C(C(=O)N(CC=C)c3cc(C)ccc3C)C23CC[C@]1(CC)O3. The zero-order valence-corrected chi connectivity index (χ0v) is 27.9. The van der Waals surface area contributed by atoms with Gasteiger partial charge in [0.15, 0.2) is 0 Å². The van der Waals surface area contributed by atoms with E-state index >= 15 is 4.79 Å². The van der Waals surface area contributed by atoms with Crippen LogP contribution in [-0.4, -0.2) is 75.6 Å². The number of likely N-dealkylation sites (tertiary alicyclic amines) is 1. The van der Waals surface area contributed by atoms with Crippen LogP contribution in [0.4, 0.5) is 5.69 Å². The average Bonchev–Trinajstić information content (AvgIpc) is 3.65. The van der Waals surface area contributed by atoms with E-state index in [1.54, 1.807) is 26.9 Å². The van der Waals surface area contributed by atoms with Crippen molar-refractivity contribution in [3.8, 4) is 0 Å². The van der Waals surface area contributed by atoms with Gasteiger partial charge < -0.3 is 24.5 Å². The van der Waals surface area contributed by atoms with Crippen LogP contribution in [0.1, 0.15) is 56.7 Å². The van der Waals surface area contributed by atoms with E-state index < -0.39 is 35.1 Å². The van der Waals surface area contributed by atoms with E-state index in [0.29, 0.717) is 32.4 Å². The first-order valence-corrected chi connectivity index (χ1v) is 16.6. The van der Waals surface area contributed by atoms with E-state index in [4.69, 9.17) is 4.74 Å². The number of carbonyl (C=O) groups excluding carboxylic acids is 3. The third-order valence-electron chi connectivity index (χ3n) is 10.5. The number of ether oxygens (including phenoxy) is 1. The van der Waals surface area contributed by atoms with Crippen molar-refractivity contribution >= 4 is 23.4 Å². The van der Waals surface area contributed by atoms with Gasteiger partial charge in [-0.1, -0.05) is 75.4 Å². The van der Waals surface area contributed by atoms with Crippen molar-refractivity contribution in [3.05, 3.63) is 90.5 Å². The summed E-state index contributed by atoms with van der Waals surface area (Å²) < 4.78 is 7.07. The normalized spacial score (nSPS) is 27.1. The fraction of sp³-hybridized carbons (Fsp3) is 0.500. The van der Waals surface area contributed by atoms with Crippen molar-refractivity contribution < 1.29 is 24.2 Å². The molecule has 2 unspecified atom stereocenters. The summed E-state index contributed by atoms with van der Waals surface area (Å²) in [4.78, 5) is 49.7. The summed E-state index contributed by atoms with van der Waals surface area (Å²) in [5.74, 6) is -2.52. The van der Waals surface area contributed by atoms with Gasteiger partial charge in [-0.2, -0.15) is 0 Å². The summed E-state index contributed by atoms with van der Waals surface area (Å²) in [5, 5.41) is 10.7. The largest absolute Gasteiger partial charge is 0.394 e. The maximum Gasteiger partial charge on any atom is 0.253 e. The fourth-order valence-electron chi connectivity index (χ4n) is 8.27. The number of aliphatic hydroxyl groups is 1. The van der Waals surface area contributed by atoms with Crippen molar-refractivity contribution in [2.75, 3.05) is 24.6 Å². The standard InChI is InChI=1S/C38H49N3O5/c1-8-20-39(23-28-14-12-11-13-15-28)34(43)31-32-35(44)41(30(24-42)25(4)5)33(38(32)19-18-37(31,10-3)46-38)36(45)40(21-9-2)29-22-26(6)16-17-27(29)7/h8-9,11-17,22,25,30-33,42H,1-2,10,18-21,23-24H2,3-7H3/t30-,31+,32-,33?,37-,38?/m0/s1. The lowest BCUT2D eigenvalue weighted by molar-refractivity contribution is -0.154. The number of hydrogen-bond acceptors (Lipinski definition) is 5. The second kappa shape index (κ2) is 13.2. The Balaban J connectivity index is 1.65. The summed E-state index contributed by atoms with van der Waals surface area (Å²) in [6.07, 6.45) is 4.95. The number of nitrogens with zero attached hydrogens (tertiary/aromatic N) is 3. The fourth-order valence-corrected chi connectivity index (χ4v) is 8.27. The second-order valence-electron chi connectivity index (χ2n) is 13.6. The summed E-state index contributed by atoms with van der Waals surface area (Å²) in [6.45, 7) is 18.3. The summed E-state index contributed by atoms with van der Waals surface area (Å²) in [5.41, 5.74) is 1.55. The zero-order chi connectivity index (χ0) is 33.4. The van der Waals surface area contributed by atoms with Gasteiger partial charge in [0.05, 0.1) is 30.1 Å². The Morgan fingerprint density at radius 1 is 1.07 bits per heavy atom. The van der Waals surface area contributed by atoms with E-state index in [1.807, 2.05) is 83.1 Å². The molecule has 0 aliphatic carbocycles. The smallest absolute Gasteiger partial charge is 0.253 e. The van der Waals surface area contributed by atoms with Gasteiger partial charge in [0.2, 0.25) is 11.8 Å². The molecule has 5 rings (SSSR count). The second-order valence-corrected chi connectivity index (χ2v) is 13.6. The molecule has 3 heterocycles. The van der Waals surface area contributed by atoms with Crippen LogP contribution >= 0.6 is 0 Å². The van der Waals surface area contributed by atoms with Crippen LogP contribution in [0, 0.1) is 31.6 Å². The number of aliphatic hydroxyl groups excluding tert-OH is 1. The molecule has 246 valence electrons. The maximum atomic E-state index is 15.1. The molecule has 0 saturated carbocycles. The number of fused-ring (bicyclic) bond motifs is 1. The van der Waals surface area contributed by atoms with Crippen LogP contribution < -0.4 is 4.90 Å². The van der Waals surface area contributed by atoms with E-state index in [9.17, 15) is 14.7 Å². The van der Waals surface area contributed by atoms with Crippen LogP contribution in [0.25, 0.3) is 0 Å². The number of carbonyl (C=O) groups is 3. The summed E-state index contributed by atoms with van der Waals surface area (Å²) in [6, 6.07) is 14.1. The molecular weight excluding hydrogens is 578 g/mol. The molecule has 8 nitrogen and oxygen atoms in total. The van der Waals surface area contributed by atoms with E-state index in [0.717, 1.165) is 22.4 Å². The van der Waals surface area contributed by atoms with Crippen LogP contribution in [0.5, 0.6) is 0 Å². The highest BCUT2D eigenvalue weighted by Crippen LogP contribution is 2.65. The van der Waals surface area contributed by atoms with Crippen LogP contribution in [0.15, 0.2) is 73.8 Å². The Morgan fingerprint density at radius 3 is 2.37 bits per heavy atom. The molecule has 3 aliphatic heterocycles. The number of hydrogen-bond donors (Lipinski definition) is 1.